The number of hydrogen-bond donors (Lipinski definition) is 5. The van der Waals surface area contributed by atoms with E-state index in [1.54, 1.807) is 66.7 Å². The van der Waals surface area contributed by atoms with Gasteiger partial charge in [-0.3, -0.25) is 19.2 Å². The Morgan fingerprint density at radius 3 is 2.24 bits per heavy atom. The van der Waals surface area contributed by atoms with Gasteiger partial charge in [-0.05, 0) is 70.0 Å². The van der Waals surface area contributed by atoms with Gasteiger partial charge < -0.3 is 31.5 Å². The van der Waals surface area contributed by atoms with Crippen LogP contribution >= 0.6 is 0 Å². The number of rotatable bonds is 12. The topological polar surface area (TPSA) is 184 Å². The van der Waals surface area contributed by atoms with Crippen molar-refractivity contribution in [3.63, 3.8) is 0 Å². The van der Waals surface area contributed by atoms with E-state index in [0.29, 0.717) is 11.1 Å². The number of nitrogens with zero attached hydrogens (tertiary/aromatic N) is 1. The number of hydrogen-bond acceptors (Lipinski definition) is 7. The van der Waals surface area contributed by atoms with Crippen LogP contribution in [0.15, 0.2) is 48.0 Å². The molecule has 2 aromatic carbocycles. The van der Waals surface area contributed by atoms with E-state index < -0.39 is 64.6 Å². The lowest BCUT2D eigenvalue weighted by Gasteiger charge is -2.41. The second-order valence-corrected chi connectivity index (χ2v) is 13.2. The van der Waals surface area contributed by atoms with Crippen LogP contribution in [0, 0.1) is 35.4 Å². The lowest BCUT2D eigenvalue weighted by atomic mass is 9.77. The van der Waals surface area contributed by atoms with Gasteiger partial charge in [0, 0.05) is 23.1 Å². The zero-order valence-electron chi connectivity index (χ0n) is 27.6. The van der Waals surface area contributed by atoms with E-state index in [0.717, 1.165) is 0 Å². The highest BCUT2D eigenvalue weighted by Crippen LogP contribution is 2.28. The zero-order valence-corrected chi connectivity index (χ0v) is 27.6. The Kier molecular flexibility index (Phi) is 12.2. The first-order valence-corrected chi connectivity index (χ1v) is 14.7. The van der Waals surface area contributed by atoms with Crippen molar-refractivity contribution in [3.05, 3.63) is 70.5 Å². The lowest BCUT2D eigenvalue weighted by molar-refractivity contribution is -0.149. The molecule has 0 aromatic heterocycles. The summed E-state index contributed by atoms with van der Waals surface area (Å²) < 4.78 is 20.5. The summed E-state index contributed by atoms with van der Waals surface area (Å²) in [6.45, 7) is 12.2. The highest BCUT2D eigenvalue weighted by molar-refractivity contribution is 6.02. The minimum absolute atomic E-state index is 0.153. The third kappa shape index (κ3) is 9.87. The van der Waals surface area contributed by atoms with Crippen molar-refractivity contribution >= 4 is 29.7 Å². The van der Waals surface area contributed by atoms with Crippen LogP contribution in [0.25, 0.3) is 6.08 Å². The van der Waals surface area contributed by atoms with Gasteiger partial charge in [-0.25, -0.2) is 4.39 Å². The fourth-order valence-electron chi connectivity index (χ4n) is 4.41. The molecule has 11 nitrogen and oxygen atoms in total. The molecule has 2 aromatic rings. The fourth-order valence-corrected chi connectivity index (χ4v) is 4.41. The molecule has 2 unspecified atom stereocenters. The maximum atomic E-state index is 14.6. The van der Waals surface area contributed by atoms with Gasteiger partial charge in [0.05, 0.1) is 6.10 Å². The predicted octanol–water partition coefficient (Wildman–Crippen LogP) is 3.03. The van der Waals surface area contributed by atoms with Crippen LogP contribution in [0.4, 0.5) is 4.39 Å². The first-order chi connectivity index (χ1) is 21.2. The first-order valence-electron chi connectivity index (χ1n) is 14.7. The molecule has 0 aliphatic carbocycles. The molecular formula is C34H44FN5O6. The first kappa shape index (κ1) is 37.4. The van der Waals surface area contributed by atoms with Crippen LogP contribution < -0.4 is 26.4 Å². The van der Waals surface area contributed by atoms with Gasteiger partial charge in [-0.15, -0.1) is 0 Å². The Hall–Kier alpha value is -4.76. The molecule has 12 heteroatoms. The predicted molar refractivity (Wildman–Crippen MR) is 171 cm³/mol. The maximum absolute atomic E-state index is 14.6. The summed E-state index contributed by atoms with van der Waals surface area (Å²) in [4.78, 5) is 52.6. The SMILES string of the molecule is Cc1ccc(CNC(=O)[C@H](COc2cccc(C=C(C#N)C(=O)NC(C)(C)C)c2)C(NC(=O)C(C)(C)C)(C(N)=O)C(C)O)c(F)c1. The molecule has 0 spiro atoms. The second kappa shape index (κ2) is 15.0. The quantitative estimate of drug-likeness (QED) is 0.175. The summed E-state index contributed by atoms with van der Waals surface area (Å²) in [6, 6.07) is 12.6. The Labute approximate surface area is 269 Å². The van der Waals surface area contributed by atoms with E-state index >= 15 is 0 Å². The van der Waals surface area contributed by atoms with Crippen LogP contribution in [-0.4, -0.2) is 52.5 Å². The van der Waals surface area contributed by atoms with Crippen molar-refractivity contribution in [2.24, 2.45) is 17.1 Å². The number of benzene rings is 2. The number of nitrogens with one attached hydrogen (secondary N) is 3. The number of aryl methyl sites for hydroxylation is 1. The molecular weight excluding hydrogens is 593 g/mol. The number of carbonyl (C=O) groups excluding carboxylic acids is 4. The number of carbonyl (C=O) groups is 4. The van der Waals surface area contributed by atoms with E-state index in [9.17, 15) is 33.9 Å². The number of nitriles is 1. The molecule has 4 amide bonds. The van der Waals surface area contributed by atoms with Gasteiger partial charge in [0.15, 0.2) is 5.54 Å². The summed E-state index contributed by atoms with van der Waals surface area (Å²) in [6.07, 6.45) is -0.304. The highest BCUT2D eigenvalue weighted by atomic mass is 19.1. The second-order valence-electron chi connectivity index (χ2n) is 13.2. The molecule has 0 saturated carbocycles. The minimum atomic E-state index is -2.34. The number of amides is 4. The lowest BCUT2D eigenvalue weighted by Crippen LogP contribution is -2.72. The summed E-state index contributed by atoms with van der Waals surface area (Å²) in [5, 5.41) is 28.3. The van der Waals surface area contributed by atoms with Gasteiger partial charge in [0.2, 0.25) is 17.7 Å². The van der Waals surface area contributed by atoms with E-state index in [-0.39, 0.29) is 23.4 Å². The van der Waals surface area contributed by atoms with Gasteiger partial charge in [0.1, 0.15) is 35.7 Å². The minimum Gasteiger partial charge on any atom is -0.493 e. The monoisotopic (exact) mass is 637 g/mol. The van der Waals surface area contributed by atoms with E-state index in [2.05, 4.69) is 16.0 Å². The molecule has 2 rings (SSSR count). The van der Waals surface area contributed by atoms with Crippen LogP contribution in [0.2, 0.25) is 0 Å². The Morgan fingerprint density at radius 1 is 1.07 bits per heavy atom. The molecule has 248 valence electrons. The maximum Gasteiger partial charge on any atom is 0.262 e. The summed E-state index contributed by atoms with van der Waals surface area (Å²) in [7, 11) is 0. The molecule has 6 N–H and O–H groups in total. The number of nitrogens with two attached hydrogens (primary N) is 1. The molecule has 0 heterocycles. The molecule has 3 atom stereocenters. The van der Waals surface area contributed by atoms with Gasteiger partial charge in [-0.1, -0.05) is 45.0 Å². The van der Waals surface area contributed by atoms with Crippen LogP contribution in [-0.2, 0) is 25.7 Å². The average Bonchev–Trinajstić information content (AvgIpc) is 2.93. The third-order valence-electron chi connectivity index (χ3n) is 7.04. The van der Waals surface area contributed by atoms with E-state index in [4.69, 9.17) is 10.5 Å². The molecule has 0 aliphatic heterocycles. The van der Waals surface area contributed by atoms with Gasteiger partial charge in [-0.2, -0.15) is 5.26 Å². The summed E-state index contributed by atoms with van der Waals surface area (Å²) in [5.41, 5.74) is 2.97. The van der Waals surface area contributed by atoms with E-state index in [1.807, 2.05) is 6.07 Å². The van der Waals surface area contributed by atoms with Gasteiger partial charge in [0.25, 0.3) is 5.91 Å². The zero-order chi connectivity index (χ0) is 35.0. The molecule has 0 radical (unpaired) electrons. The molecule has 0 bridgehead atoms. The fraction of sp³-hybridized carbons (Fsp3) is 0.441. The van der Waals surface area contributed by atoms with E-state index in [1.165, 1.54) is 37.3 Å². The normalized spacial score (nSPS) is 14.6. The Bertz CT molecular complexity index is 1530. The summed E-state index contributed by atoms with van der Waals surface area (Å²) in [5.74, 6) is -5.25. The third-order valence-corrected chi connectivity index (χ3v) is 7.04. The van der Waals surface area contributed by atoms with Crippen molar-refractivity contribution in [1.82, 2.24) is 16.0 Å². The number of halogens is 1. The number of ether oxygens (including phenoxy) is 1. The van der Waals surface area contributed by atoms with Crippen molar-refractivity contribution in [2.45, 2.75) is 79.1 Å². The molecule has 0 aliphatic rings. The highest BCUT2D eigenvalue weighted by Gasteiger charge is 2.54. The van der Waals surface area contributed by atoms with Crippen molar-refractivity contribution in [2.75, 3.05) is 6.61 Å². The number of aliphatic hydroxyl groups excluding tert-OH is 1. The molecule has 0 fully saturated rings. The van der Waals surface area contributed by atoms with Crippen molar-refractivity contribution in [3.8, 4) is 11.8 Å². The standard InChI is InChI=1S/C34H44FN5O6/c1-20-12-13-23(27(35)14-20)18-38-29(43)26(34(21(2)41,30(37)44)40-31(45)32(3,4)5)19-46-25-11-9-10-22(16-25)15-24(17-36)28(42)39-33(6,7)8/h9-16,21,26,41H,18-19H2,1-8H3,(H2,37,44)(H,38,43)(H,39,42)(H,40,45)/t21?,26-,34?/m0/s1. The van der Waals surface area contributed by atoms with Crippen LogP contribution in [0.1, 0.15) is 65.2 Å². The largest absolute Gasteiger partial charge is 0.493 e. The Balaban J connectivity index is 2.52. The Morgan fingerprint density at radius 2 is 1.72 bits per heavy atom. The average molecular weight is 638 g/mol. The van der Waals surface area contributed by atoms with Crippen molar-refractivity contribution in [1.29, 1.82) is 5.26 Å². The number of primary amides is 1. The van der Waals surface area contributed by atoms with Crippen LogP contribution in [0.5, 0.6) is 5.75 Å². The number of aliphatic hydroxyl groups is 1. The summed E-state index contributed by atoms with van der Waals surface area (Å²) >= 11 is 0. The van der Waals surface area contributed by atoms with Crippen LogP contribution in [0.3, 0.4) is 0 Å². The van der Waals surface area contributed by atoms with Gasteiger partial charge >= 0.3 is 0 Å². The molecule has 46 heavy (non-hydrogen) atoms. The molecule has 0 saturated heterocycles. The van der Waals surface area contributed by atoms with Crippen molar-refractivity contribution < 1.29 is 33.4 Å². The smallest absolute Gasteiger partial charge is 0.262 e.